The highest BCUT2D eigenvalue weighted by Gasteiger charge is 2.13. The van der Waals surface area contributed by atoms with Gasteiger partial charge in [0.05, 0.1) is 12.3 Å². The van der Waals surface area contributed by atoms with E-state index in [0.717, 1.165) is 5.56 Å². The number of nitrogens with two attached hydrogens (primary N) is 1. The van der Waals surface area contributed by atoms with Crippen molar-refractivity contribution >= 4 is 21.4 Å². The Hall–Kier alpha value is -1.96. The van der Waals surface area contributed by atoms with E-state index in [4.69, 9.17) is 10.2 Å². The number of hydrogen-bond donors (Lipinski definition) is 3. The molecule has 0 atom stereocenters. The van der Waals surface area contributed by atoms with Crippen LogP contribution in [-0.2, 0) is 16.6 Å². The highest BCUT2D eigenvalue weighted by molar-refractivity contribution is 7.89. The maximum absolute atomic E-state index is 11.4. The van der Waals surface area contributed by atoms with Gasteiger partial charge in [-0.3, -0.25) is 4.98 Å². The molecule has 0 unspecified atom stereocenters. The lowest BCUT2D eigenvalue weighted by atomic mass is 10.2. The normalized spacial score (nSPS) is 11.3. The number of aliphatic hydroxyl groups excluding tert-OH is 1. The number of rotatable bonds is 4. The van der Waals surface area contributed by atoms with Gasteiger partial charge in [0.2, 0.25) is 10.0 Å². The van der Waals surface area contributed by atoms with Crippen molar-refractivity contribution in [1.82, 2.24) is 4.98 Å². The summed E-state index contributed by atoms with van der Waals surface area (Å²) in [6, 6.07) is 8.51. The predicted molar refractivity (Wildman–Crippen MR) is 71.3 cm³/mol. The Morgan fingerprint density at radius 1 is 1.32 bits per heavy atom. The Labute approximate surface area is 111 Å². The highest BCUT2D eigenvalue weighted by Crippen LogP contribution is 2.23. The summed E-state index contributed by atoms with van der Waals surface area (Å²) in [5.74, 6) is 0. The summed E-state index contributed by atoms with van der Waals surface area (Å²) >= 11 is 0. The molecule has 6 nitrogen and oxygen atoms in total. The fraction of sp³-hybridized carbons (Fsp3) is 0.0833. The van der Waals surface area contributed by atoms with Crippen LogP contribution in [0.3, 0.4) is 0 Å². The highest BCUT2D eigenvalue weighted by atomic mass is 32.2. The van der Waals surface area contributed by atoms with Crippen LogP contribution in [0.15, 0.2) is 47.6 Å². The van der Waals surface area contributed by atoms with Crippen LogP contribution < -0.4 is 10.5 Å². The summed E-state index contributed by atoms with van der Waals surface area (Å²) < 4.78 is 22.8. The van der Waals surface area contributed by atoms with E-state index < -0.39 is 10.0 Å². The van der Waals surface area contributed by atoms with Gasteiger partial charge in [-0.25, -0.2) is 13.6 Å². The standard InChI is InChI=1S/C12H13N3O3S/c13-19(17,18)12-7-14-5-4-11(12)15-10-3-1-2-9(6-10)8-16/h1-7,16H,8H2,(H,14,15)(H2,13,17,18). The van der Waals surface area contributed by atoms with Gasteiger partial charge in [-0.1, -0.05) is 12.1 Å². The van der Waals surface area contributed by atoms with Gasteiger partial charge in [0.1, 0.15) is 4.90 Å². The number of benzene rings is 1. The molecule has 0 bridgehead atoms. The van der Waals surface area contributed by atoms with Crippen LogP contribution >= 0.6 is 0 Å². The molecule has 4 N–H and O–H groups in total. The average molecular weight is 279 g/mol. The molecule has 7 heteroatoms. The van der Waals surface area contributed by atoms with Crippen LogP contribution in [-0.4, -0.2) is 18.5 Å². The molecule has 0 spiro atoms. The molecular formula is C12H13N3O3S. The zero-order valence-electron chi connectivity index (χ0n) is 9.95. The van der Waals surface area contributed by atoms with Crippen molar-refractivity contribution < 1.29 is 13.5 Å². The number of nitrogens with one attached hydrogen (secondary N) is 1. The summed E-state index contributed by atoms with van der Waals surface area (Å²) in [5.41, 5.74) is 1.71. The summed E-state index contributed by atoms with van der Waals surface area (Å²) in [6.07, 6.45) is 2.65. The van der Waals surface area contributed by atoms with Crippen LogP contribution in [0, 0.1) is 0 Å². The van der Waals surface area contributed by atoms with E-state index in [9.17, 15) is 8.42 Å². The predicted octanol–water partition coefficient (Wildman–Crippen LogP) is 0.965. The van der Waals surface area contributed by atoms with Crippen LogP contribution in [0.1, 0.15) is 5.56 Å². The van der Waals surface area contributed by atoms with Crippen molar-refractivity contribution in [2.45, 2.75) is 11.5 Å². The first-order valence-electron chi connectivity index (χ1n) is 5.44. The first-order chi connectivity index (χ1) is 9.00. The van der Waals surface area contributed by atoms with Crippen molar-refractivity contribution in [1.29, 1.82) is 0 Å². The van der Waals surface area contributed by atoms with E-state index in [-0.39, 0.29) is 11.5 Å². The maximum atomic E-state index is 11.4. The quantitative estimate of drug-likeness (QED) is 0.773. The Morgan fingerprint density at radius 3 is 2.79 bits per heavy atom. The van der Waals surface area contributed by atoms with Gasteiger partial charge in [-0.2, -0.15) is 0 Å². The largest absolute Gasteiger partial charge is 0.392 e. The van der Waals surface area contributed by atoms with Crippen molar-refractivity contribution in [2.75, 3.05) is 5.32 Å². The molecule has 0 radical (unpaired) electrons. The number of primary sulfonamides is 1. The van der Waals surface area contributed by atoms with Crippen molar-refractivity contribution in [2.24, 2.45) is 5.14 Å². The Balaban J connectivity index is 2.38. The van der Waals surface area contributed by atoms with Gasteiger partial charge < -0.3 is 10.4 Å². The van der Waals surface area contributed by atoms with E-state index in [1.54, 1.807) is 24.3 Å². The van der Waals surface area contributed by atoms with Gasteiger partial charge in [0.25, 0.3) is 0 Å². The molecule has 0 amide bonds. The Morgan fingerprint density at radius 2 is 2.11 bits per heavy atom. The lowest BCUT2D eigenvalue weighted by molar-refractivity contribution is 0.282. The monoisotopic (exact) mass is 279 g/mol. The van der Waals surface area contributed by atoms with Gasteiger partial charge in [-0.05, 0) is 23.8 Å². The van der Waals surface area contributed by atoms with E-state index in [1.807, 2.05) is 0 Å². The molecule has 19 heavy (non-hydrogen) atoms. The molecule has 0 saturated heterocycles. The summed E-state index contributed by atoms with van der Waals surface area (Å²) in [7, 11) is -3.84. The first-order valence-corrected chi connectivity index (χ1v) is 6.99. The molecule has 2 rings (SSSR count). The molecule has 2 aromatic rings. The van der Waals surface area contributed by atoms with Crippen LogP contribution in [0.25, 0.3) is 0 Å². The number of pyridine rings is 1. The fourth-order valence-electron chi connectivity index (χ4n) is 1.61. The van der Waals surface area contributed by atoms with Crippen molar-refractivity contribution in [3.8, 4) is 0 Å². The SMILES string of the molecule is NS(=O)(=O)c1cnccc1Nc1cccc(CO)c1. The fourth-order valence-corrected chi connectivity index (χ4v) is 2.25. The molecule has 0 aliphatic rings. The van der Waals surface area contributed by atoms with E-state index in [2.05, 4.69) is 10.3 Å². The Bertz CT molecular complexity index is 686. The molecule has 0 aliphatic carbocycles. The number of sulfonamides is 1. The number of aromatic nitrogens is 1. The van der Waals surface area contributed by atoms with Crippen molar-refractivity contribution in [3.05, 3.63) is 48.3 Å². The number of aliphatic hydroxyl groups is 1. The molecule has 100 valence electrons. The smallest absolute Gasteiger partial charge is 0.241 e. The van der Waals surface area contributed by atoms with Crippen LogP contribution in [0.2, 0.25) is 0 Å². The summed E-state index contributed by atoms with van der Waals surface area (Å²) in [6.45, 7) is -0.0894. The van der Waals surface area contributed by atoms with Gasteiger partial charge in [0.15, 0.2) is 0 Å². The molecule has 1 aromatic heterocycles. The average Bonchev–Trinajstić information content (AvgIpc) is 2.38. The molecule has 1 heterocycles. The number of nitrogens with zero attached hydrogens (tertiary/aromatic N) is 1. The third kappa shape index (κ3) is 3.28. The second-order valence-corrected chi connectivity index (χ2v) is 5.43. The van der Waals surface area contributed by atoms with Gasteiger partial charge in [-0.15, -0.1) is 0 Å². The second-order valence-electron chi connectivity index (χ2n) is 3.90. The molecule has 0 aliphatic heterocycles. The summed E-state index contributed by atoms with van der Waals surface area (Å²) in [4.78, 5) is 3.67. The van der Waals surface area contributed by atoms with E-state index >= 15 is 0 Å². The number of anilines is 2. The molecule has 0 fully saturated rings. The third-order valence-electron chi connectivity index (χ3n) is 2.48. The number of hydrogen-bond acceptors (Lipinski definition) is 5. The van der Waals surface area contributed by atoms with E-state index in [0.29, 0.717) is 11.4 Å². The van der Waals surface area contributed by atoms with Crippen molar-refractivity contribution in [3.63, 3.8) is 0 Å². The van der Waals surface area contributed by atoms with Gasteiger partial charge >= 0.3 is 0 Å². The minimum atomic E-state index is -3.84. The van der Waals surface area contributed by atoms with E-state index in [1.165, 1.54) is 18.5 Å². The molecular weight excluding hydrogens is 266 g/mol. The molecule has 1 aromatic carbocycles. The second kappa shape index (κ2) is 5.35. The van der Waals surface area contributed by atoms with Crippen LogP contribution in [0.4, 0.5) is 11.4 Å². The Kier molecular flexibility index (Phi) is 3.79. The van der Waals surface area contributed by atoms with Gasteiger partial charge in [0, 0.05) is 18.1 Å². The molecule has 0 saturated carbocycles. The topological polar surface area (TPSA) is 105 Å². The minimum Gasteiger partial charge on any atom is -0.392 e. The minimum absolute atomic E-state index is 0.0793. The van der Waals surface area contributed by atoms with Crippen LogP contribution in [0.5, 0.6) is 0 Å². The summed E-state index contributed by atoms with van der Waals surface area (Å²) in [5, 5.41) is 17.1. The zero-order valence-corrected chi connectivity index (χ0v) is 10.8. The zero-order chi connectivity index (χ0) is 13.9. The lowest BCUT2D eigenvalue weighted by Crippen LogP contribution is -2.14. The first kappa shape index (κ1) is 13.5. The maximum Gasteiger partial charge on any atom is 0.241 e. The third-order valence-corrected chi connectivity index (χ3v) is 3.42. The lowest BCUT2D eigenvalue weighted by Gasteiger charge is -2.10.